The second kappa shape index (κ2) is 8.78. The average Bonchev–Trinajstić information content (AvgIpc) is 2.71. The standard InChI is InChI=1S/C22H27N3O3/c1-4-25-15-18(28-20-11-6-5-10-19(20)25)14-24(3)21(26)13-23-22(27)17-9-7-8-16(2)12-17/h5-12,18H,4,13-15H2,1-3H3,(H,23,27)/t18-/m0/s1. The summed E-state index contributed by atoms with van der Waals surface area (Å²) in [7, 11) is 1.74. The van der Waals surface area contributed by atoms with Crippen LogP contribution in [0.3, 0.4) is 0 Å². The summed E-state index contributed by atoms with van der Waals surface area (Å²) in [4.78, 5) is 28.5. The van der Waals surface area contributed by atoms with Gasteiger partial charge in [0.15, 0.2) is 0 Å². The van der Waals surface area contributed by atoms with Crippen LogP contribution in [0.25, 0.3) is 0 Å². The molecule has 1 N–H and O–H groups in total. The third-order valence-electron chi connectivity index (χ3n) is 4.89. The fourth-order valence-corrected chi connectivity index (χ4v) is 3.36. The quantitative estimate of drug-likeness (QED) is 0.835. The normalized spacial score (nSPS) is 15.4. The number of nitrogens with zero attached hydrogens (tertiary/aromatic N) is 2. The van der Waals surface area contributed by atoms with Gasteiger partial charge in [-0.05, 0) is 38.1 Å². The van der Waals surface area contributed by atoms with Crippen LogP contribution < -0.4 is 15.0 Å². The summed E-state index contributed by atoms with van der Waals surface area (Å²) in [6, 6.07) is 15.2. The second-order valence-corrected chi connectivity index (χ2v) is 7.07. The topological polar surface area (TPSA) is 61.9 Å². The Bertz CT molecular complexity index is 852. The third kappa shape index (κ3) is 4.63. The van der Waals surface area contributed by atoms with Crippen LogP contribution in [0.1, 0.15) is 22.8 Å². The van der Waals surface area contributed by atoms with Gasteiger partial charge in [0.1, 0.15) is 11.9 Å². The molecule has 148 valence electrons. The zero-order valence-corrected chi connectivity index (χ0v) is 16.6. The monoisotopic (exact) mass is 381 g/mol. The first-order valence-corrected chi connectivity index (χ1v) is 9.57. The van der Waals surface area contributed by atoms with Crippen LogP contribution in [0.15, 0.2) is 48.5 Å². The summed E-state index contributed by atoms with van der Waals surface area (Å²) in [6.45, 7) is 6.06. The van der Waals surface area contributed by atoms with E-state index < -0.39 is 0 Å². The smallest absolute Gasteiger partial charge is 0.251 e. The predicted octanol–water partition coefficient (Wildman–Crippen LogP) is 2.47. The Labute approximate surface area is 166 Å². The lowest BCUT2D eigenvalue weighted by molar-refractivity contribution is -0.129. The maximum absolute atomic E-state index is 12.5. The minimum absolute atomic E-state index is 0.0376. The van der Waals surface area contributed by atoms with Gasteiger partial charge in [-0.15, -0.1) is 0 Å². The van der Waals surface area contributed by atoms with E-state index in [4.69, 9.17) is 4.74 Å². The molecule has 28 heavy (non-hydrogen) atoms. The number of rotatable bonds is 6. The molecule has 0 aliphatic carbocycles. The first kappa shape index (κ1) is 19.7. The van der Waals surface area contributed by atoms with Crippen LogP contribution in [0.2, 0.25) is 0 Å². The predicted molar refractivity (Wildman–Crippen MR) is 110 cm³/mol. The van der Waals surface area contributed by atoms with Crippen molar-refractivity contribution in [3.8, 4) is 5.75 Å². The zero-order chi connectivity index (χ0) is 20.1. The van der Waals surface area contributed by atoms with Crippen molar-refractivity contribution in [1.29, 1.82) is 0 Å². The lowest BCUT2D eigenvalue weighted by Gasteiger charge is -2.37. The van der Waals surface area contributed by atoms with Crippen LogP contribution >= 0.6 is 0 Å². The van der Waals surface area contributed by atoms with Gasteiger partial charge in [-0.1, -0.05) is 29.8 Å². The molecule has 1 heterocycles. The molecule has 0 saturated heterocycles. The van der Waals surface area contributed by atoms with Crippen molar-refractivity contribution in [3.05, 3.63) is 59.7 Å². The van der Waals surface area contributed by atoms with Gasteiger partial charge in [0.25, 0.3) is 5.91 Å². The number of benzene rings is 2. The fraction of sp³-hybridized carbons (Fsp3) is 0.364. The zero-order valence-electron chi connectivity index (χ0n) is 16.6. The van der Waals surface area contributed by atoms with Crippen molar-refractivity contribution in [3.63, 3.8) is 0 Å². The Hall–Kier alpha value is -3.02. The Morgan fingerprint density at radius 2 is 2.00 bits per heavy atom. The number of fused-ring (bicyclic) bond motifs is 1. The highest BCUT2D eigenvalue weighted by Gasteiger charge is 2.26. The fourth-order valence-electron chi connectivity index (χ4n) is 3.36. The lowest BCUT2D eigenvalue weighted by atomic mass is 10.1. The number of nitrogens with one attached hydrogen (secondary N) is 1. The molecule has 2 amide bonds. The molecule has 2 aromatic carbocycles. The molecule has 6 nitrogen and oxygen atoms in total. The van der Waals surface area contributed by atoms with E-state index in [2.05, 4.69) is 17.1 Å². The van der Waals surface area contributed by atoms with Crippen LogP contribution in [0, 0.1) is 6.92 Å². The van der Waals surface area contributed by atoms with E-state index in [9.17, 15) is 9.59 Å². The number of aryl methyl sites for hydroxylation is 1. The van der Waals surface area contributed by atoms with Gasteiger partial charge in [0.05, 0.1) is 25.3 Å². The van der Waals surface area contributed by atoms with E-state index in [1.807, 2.05) is 43.3 Å². The first-order valence-electron chi connectivity index (χ1n) is 9.57. The van der Waals surface area contributed by atoms with Crippen LogP contribution in [0.4, 0.5) is 5.69 Å². The molecule has 1 atom stereocenters. The van der Waals surface area contributed by atoms with Crippen molar-refractivity contribution in [2.75, 3.05) is 38.1 Å². The summed E-state index contributed by atoms with van der Waals surface area (Å²) in [5.74, 6) is 0.450. The van der Waals surface area contributed by atoms with E-state index in [-0.39, 0.29) is 24.5 Å². The first-order chi connectivity index (χ1) is 13.5. The molecule has 0 unspecified atom stereocenters. The summed E-state index contributed by atoms with van der Waals surface area (Å²) in [5.41, 5.74) is 2.65. The SMILES string of the molecule is CCN1C[C@H](CN(C)C(=O)CNC(=O)c2cccc(C)c2)Oc2ccccc21. The summed E-state index contributed by atoms with van der Waals surface area (Å²) in [5, 5.41) is 2.70. The van der Waals surface area contributed by atoms with Gasteiger partial charge in [-0.2, -0.15) is 0 Å². The molecule has 0 fully saturated rings. The number of hydrogen-bond acceptors (Lipinski definition) is 4. The number of likely N-dealkylation sites (N-methyl/N-ethyl adjacent to an activating group) is 2. The maximum Gasteiger partial charge on any atom is 0.251 e. The largest absolute Gasteiger partial charge is 0.485 e. The number of carbonyl (C=O) groups is 2. The second-order valence-electron chi connectivity index (χ2n) is 7.07. The number of ether oxygens (including phenoxy) is 1. The molecular weight excluding hydrogens is 354 g/mol. The van der Waals surface area contributed by atoms with E-state index in [1.165, 1.54) is 0 Å². The summed E-state index contributed by atoms with van der Waals surface area (Å²) in [6.07, 6.45) is -0.115. The Kier molecular flexibility index (Phi) is 6.19. The maximum atomic E-state index is 12.5. The van der Waals surface area contributed by atoms with Crippen LogP contribution in [-0.4, -0.2) is 56.0 Å². The minimum Gasteiger partial charge on any atom is -0.485 e. The molecule has 2 aromatic rings. The van der Waals surface area contributed by atoms with E-state index in [0.29, 0.717) is 12.1 Å². The molecule has 0 saturated carbocycles. The van der Waals surface area contributed by atoms with Gasteiger partial charge in [0, 0.05) is 19.2 Å². The van der Waals surface area contributed by atoms with Crippen molar-refractivity contribution in [2.24, 2.45) is 0 Å². The number of carbonyl (C=O) groups excluding carboxylic acids is 2. The average molecular weight is 381 g/mol. The van der Waals surface area contributed by atoms with Crippen molar-refractivity contribution in [1.82, 2.24) is 10.2 Å². The van der Waals surface area contributed by atoms with Gasteiger partial charge >= 0.3 is 0 Å². The van der Waals surface area contributed by atoms with Gasteiger partial charge in [0.2, 0.25) is 5.91 Å². The van der Waals surface area contributed by atoms with E-state index in [1.54, 1.807) is 24.1 Å². The highest BCUT2D eigenvalue weighted by atomic mass is 16.5. The highest BCUT2D eigenvalue weighted by molar-refractivity contribution is 5.96. The molecule has 1 aliphatic rings. The molecule has 0 bridgehead atoms. The Morgan fingerprint density at radius 3 is 2.75 bits per heavy atom. The van der Waals surface area contributed by atoms with E-state index in [0.717, 1.165) is 30.1 Å². The highest BCUT2D eigenvalue weighted by Crippen LogP contribution is 2.32. The Balaban J connectivity index is 1.54. The Morgan fingerprint density at radius 1 is 1.21 bits per heavy atom. The third-order valence-corrected chi connectivity index (χ3v) is 4.89. The van der Waals surface area contributed by atoms with Crippen LogP contribution in [0.5, 0.6) is 5.75 Å². The van der Waals surface area contributed by atoms with Crippen molar-refractivity contribution < 1.29 is 14.3 Å². The van der Waals surface area contributed by atoms with Gasteiger partial charge in [-0.25, -0.2) is 0 Å². The number of hydrogen-bond donors (Lipinski definition) is 1. The summed E-state index contributed by atoms with van der Waals surface area (Å²) < 4.78 is 6.07. The molecular formula is C22H27N3O3. The number of anilines is 1. The minimum atomic E-state index is -0.245. The van der Waals surface area contributed by atoms with Crippen molar-refractivity contribution >= 4 is 17.5 Å². The summed E-state index contributed by atoms with van der Waals surface area (Å²) >= 11 is 0. The molecule has 0 radical (unpaired) electrons. The molecule has 1 aliphatic heterocycles. The lowest BCUT2D eigenvalue weighted by Crippen LogP contribution is -2.48. The van der Waals surface area contributed by atoms with Crippen LogP contribution in [-0.2, 0) is 4.79 Å². The molecule has 3 rings (SSSR count). The van der Waals surface area contributed by atoms with Gasteiger partial charge < -0.3 is 19.9 Å². The van der Waals surface area contributed by atoms with Crippen molar-refractivity contribution in [2.45, 2.75) is 20.0 Å². The molecule has 0 spiro atoms. The number of para-hydroxylation sites is 2. The molecule has 6 heteroatoms. The number of amides is 2. The molecule has 0 aromatic heterocycles. The van der Waals surface area contributed by atoms with E-state index >= 15 is 0 Å². The van der Waals surface area contributed by atoms with Gasteiger partial charge in [-0.3, -0.25) is 9.59 Å².